The predicted molar refractivity (Wildman–Crippen MR) is 96.6 cm³/mol. The summed E-state index contributed by atoms with van der Waals surface area (Å²) in [7, 11) is 0. The predicted octanol–water partition coefficient (Wildman–Crippen LogP) is 1.45. The van der Waals surface area contributed by atoms with Crippen molar-refractivity contribution in [2.24, 2.45) is 0 Å². The molecule has 3 heterocycles. The van der Waals surface area contributed by atoms with Gasteiger partial charge < -0.3 is 10.8 Å². The summed E-state index contributed by atoms with van der Waals surface area (Å²) in [6, 6.07) is 11.4. The van der Waals surface area contributed by atoms with Crippen molar-refractivity contribution in [2.45, 2.75) is 6.10 Å². The van der Waals surface area contributed by atoms with Gasteiger partial charge in [0.2, 0.25) is 0 Å². The zero-order valence-corrected chi connectivity index (χ0v) is 14.1. The Labute approximate surface area is 151 Å². The molecule has 4 N–H and O–H groups in total. The third-order valence-corrected chi connectivity index (χ3v) is 5.16. The highest BCUT2D eigenvalue weighted by molar-refractivity contribution is 7.10. The maximum absolute atomic E-state index is 12.4. The molecule has 0 fully saturated rings. The summed E-state index contributed by atoms with van der Waals surface area (Å²) in [5.41, 5.74) is 6.56. The van der Waals surface area contributed by atoms with E-state index < -0.39 is 23.5 Å². The smallest absolute Gasteiger partial charge is 0.262 e. The lowest BCUT2D eigenvalue weighted by Gasteiger charge is -2.14. The monoisotopic (exact) mass is 367 g/mol. The summed E-state index contributed by atoms with van der Waals surface area (Å²) in [4.78, 5) is 36.8. The Balaban J connectivity index is 1.77. The molecular formula is C18H13N3O4S. The van der Waals surface area contributed by atoms with E-state index in [1.54, 1.807) is 24.3 Å². The van der Waals surface area contributed by atoms with Gasteiger partial charge in [0.25, 0.3) is 17.4 Å². The normalized spacial score (nSPS) is 14.2. The number of rotatable bonds is 3. The zero-order valence-electron chi connectivity index (χ0n) is 13.3. The van der Waals surface area contributed by atoms with E-state index in [1.807, 2.05) is 17.5 Å². The van der Waals surface area contributed by atoms with Crippen LogP contribution in [0.5, 0.6) is 0 Å². The molecule has 3 aromatic rings. The highest BCUT2D eigenvalue weighted by atomic mass is 32.1. The summed E-state index contributed by atoms with van der Waals surface area (Å²) in [5, 5.41) is 14.4. The van der Waals surface area contributed by atoms with Gasteiger partial charge in [-0.05, 0) is 29.1 Å². The molecular weight excluding hydrogens is 354 g/mol. The molecule has 0 saturated heterocycles. The number of aliphatic hydroxyl groups is 1. The molecule has 1 aliphatic rings. The first-order valence-corrected chi connectivity index (χ1v) is 8.58. The number of nitrogens with one attached hydrogen (secondary N) is 1. The Hall–Kier alpha value is -3.23. The SMILES string of the molecule is Nc1c2c(cc(=O)n1-c1ccc(C(O)c3cccs3)cc1)C(=O)NC2=O. The van der Waals surface area contributed by atoms with E-state index in [0.717, 1.165) is 15.5 Å². The number of carbonyl (C=O) groups excluding carboxylic acids is 2. The molecule has 1 unspecified atom stereocenters. The van der Waals surface area contributed by atoms with E-state index in [4.69, 9.17) is 5.73 Å². The topological polar surface area (TPSA) is 114 Å². The molecule has 1 aromatic carbocycles. The lowest BCUT2D eigenvalue weighted by Crippen LogP contribution is -2.24. The van der Waals surface area contributed by atoms with Crippen molar-refractivity contribution >= 4 is 29.0 Å². The van der Waals surface area contributed by atoms with Crippen LogP contribution >= 0.6 is 11.3 Å². The number of anilines is 1. The first kappa shape index (κ1) is 16.2. The molecule has 2 aromatic heterocycles. The number of nitrogens with zero attached hydrogens (tertiary/aromatic N) is 1. The molecule has 1 atom stereocenters. The van der Waals surface area contributed by atoms with Gasteiger partial charge in [0.05, 0.1) is 16.8 Å². The van der Waals surface area contributed by atoms with Crippen molar-refractivity contribution in [1.29, 1.82) is 0 Å². The van der Waals surface area contributed by atoms with Crippen LogP contribution in [0.3, 0.4) is 0 Å². The van der Waals surface area contributed by atoms with Crippen LogP contribution in [-0.4, -0.2) is 21.5 Å². The number of benzene rings is 1. The maximum Gasteiger partial charge on any atom is 0.262 e. The second kappa shape index (κ2) is 5.94. The van der Waals surface area contributed by atoms with Gasteiger partial charge in [0.1, 0.15) is 11.9 Å². The van der Waals surface area contributed by atoms with Crippen LogP contribution in [0.25, 0.3) is 5.69 Å². The van der Waals surface area contributed by atoms with Crippen LogP contribution in [0.1, 0.15) is 37.3 Å². The van der Waals surface area contributed by atoms with Crippen LogP contribution in [0.2, 0.25) is 0 Å². The number of pyridine rings is 1. The average Bonchev–Trinajstić information content (AvgIpc) is 3.24. The first-order valence-electron chi connectivity index (χ1n) is 7.70. The molecule has 0 spiro atoms. The highest BCUT2D eigenvalue weighted by Gasteiger charge is 2.31. The minimum atomic E-state index is -0.762. The van der Waals surface area contributed by atoms with Crippen molar-refractivity contribution in [3.8, 4) is 5.69 Å². The van der Waals surface area contributed by atoms with E-state index in [-0.39, 0.29) is 16.9 Å². The quantitative estimate of drug-likeness (QED) is 0.606. The fourth-order valence-electron chi connectivity index (χ4n) is 2.96. The van der Waals surface area contributed by atoms with Gasteiger partial charge in [-0.1, -0.05) is 18.2 Å². The number of carbonyl (C=O) groups is 2. The molecule has 0 aliphatic carbocycles. The number of hydrogen-bond acceptors (Lipinski definition) is 6. The Kier molecular flexibility index (Phi) is 3.71. The van der Waals surface area contributed by atoms with Gasteiger partial charge in [0.15, 0.2) is 0 Å². The van der Waals surface area contributed by atoms with Gasteiger partial charge >= 0.3 is 0 Å². The number of aromatic nitrogens is 1. The molecule has 0 bridgehead atoms. The van der Waals surface area contributed by atoms with E-state index in [9.17, 15) is 19.5 Å². The Morgan fingerprint density at radius 2 is 1.81 bits per heavy atom. The van der Waals surface area contributed by atoms with Gasteiger partial charge in [0, 0.05) is 10.9 Å². The number of imide groups is 1. The molecule has 4 rings (SSSR count). The second-order valence-electron chi connectivity index (χ2n) is 5.78. The van der Waals surface area contributed by atoms with Crippen molar-refractivity contribution in [3.63, 3.8) is 0 Å². The maximum atomic E-state index is 12.4. The minimum absolute atomic E-state index is 0.00250. The number of amides is 2. The van der Waals surface area contributed by atoms with Gasteiger partial charge in [-0.15, -0.1) is 11.3 Å². The zero-order chi connectivity index (χ0) is 18.4. The van der Waals surface area contributed by atoms with Crippen molar-refractivity contribution in [2.75, 3.05) is 5.73 Å². The summed E-state index contributed by atoms with van der Waals surface area (Å²) in [6.07, 6.45) is -0.762. The van der Waals surface area contributed by atoms with Crippen LogP contribution in [0.4, 0.5) is 5.82 Å². The van der Waals surface area contributed by atoms with Crippen molar-refractivity contribution < 1.29 is 14.7 Å². The van der Waals surface area contributed by atoms with E-state index >= 15 is 0 Å². The lowest BCUT2D eigenvalue weighted by atomic mass is 10.1. The molecule has 1 aliphatic heterocycles. The van der Waals surface area contributed by atoms with Crippen LogP contribution in [0, 0.1) is 0 Å². The van der Waals surface area contributed by atoms with E-state index in [1.165, 1.54) is 11.3 Å². The molecule has 0 radical (unpaired) electrons. The molecule has 7 nitrogen and oxygen atoms in total. The molecule has 26 heavy (non-hydrogen) atoms. The van der Waals surface area contributed by atoms with E-state index in [2.05, 4.69) is 5.32 Å². The minimum Gasteiger partial charge on any atom is -0.384 e. The van der Waals surface area contributed by atoms with Gasteiger partial charge in [-0.25, -0.2) is 0 Å². The standard InChI is InChI=1S/C18H13N3O4S/c19-16-14-11(17(24)20-18(14)25)8-13(22)21(16)10-5-3-9(4-6-10)15(23)12-2-1-7-26-12/h1-8,15,23H,19H2,(H,20,24,25). The number of hydrogen-bond donors (Lipinski definition) is 3. The highest BCUT2D eigenvalue weighted by Crippen LogP contribution is 2.27. The third kappa shape index (κ3) is 2.43. The van der Waals surface area contributed by atoms with Gasteiger partial charge in [-0.3, -0.25) is 24.3 Å². The van der Waals surface area contributed by atoms with Crippen LogP contribution in [-0.2, 0) is 0 Å². The summed E-state index contributed by atoms with van der Waals surface area (Å²) in [5.74, 6) is -1.35. The van der Waals surface area contributed by atoms with E-state index in [0.29, 0.717) is 11.3 Å². The van der Waals surface area contributed by atoms with Crippen molar-refractivity contribution in [1.82, 2.24) is 9.88 Å². The summed E-state index contributed by atoms with van der Waals surface area (Å²) >= 11 is 1.44. The molecule has 8 heteroatoms. The summed E-state index contributed by atoms with van der Waals surface area (Å²) < 4.78 is 1.16. The Morgan fingerprint density at radius 1 is 1.08 bits per heavy atom. The number of aliphatic hydroxyl groups excluding tert-OH is 1. The molecule has 130 valence electrons. The fourth-order valence-corrected chi connectivity index (χ4v) is 3.70. The number of nitrogen functional groups attached to an aromatic ring is 1. The third-order valence-electron chi connectivity index (χ3n) is 4.23. The number of thiophene rings is 1. The van der Waals surface area contributed by atoms with Crippen LogP contribution < -0.4 is 16.6 Å². The largest absolute Gasteiger partial charge is 0.384 e. The number of nitrogens with two attached hydrogens (primary N) is 1. The molecule has 0 saturated carbocycles. The fraction of sp³-hybridized carbons (Fsp3) is 0.0556. The number of fused-ring (bicyclic) bond motifs is 1. The second-order valence-corrected chi connectivity index (χ2v) is 6.76. The van der Waals surface area contributed by atoms with Gasteiger partial charge in [-0.2, -0.15) is 0 Å². The van der Waals surface area contributed by atoms with Crippen molar-refractivity contribution in [3.05, 3.63) is 79.8 Å². The molecule has 2 amide bonds. The van der Waals surface area contributed by atoms with Crippen LogP contribution in [0.15, 0.2) is 52.6 Å². The summed E-state index contributed by atoms with van der Waals surface area (Å²) in [6.45, 7) is 0. The first-order chi connectivity index (χ1) is 12.5. The average molecular weight is 367 g/mol. The Bertz CT molecular complexity index is 1080. The Morgan fingerprint density at radius 3 is 2.46 bits per heavy atom. The lowest BCUT2D eigenvalue weighted by molar-refractivity contribution is 0.0880.